The van der Waals surface area contributed by atoms with Crippen LogP contribution < -0.4 is 10.2 Å². The number of hydrogen-bond donors (Lipinski definition) is 1. The Bertz CT molecular complexity index is 351. The van der Waals surface area contributed by atoms with E-state index in [1.807, 2.05) is 13.2 Å². The first-order valence-electron chi connectivity index (χ1n) is 6.75. The maximum absolute atomic E-state index is 4.29. The lowest BCUT2D eigenvalue weighted by Crippen LogP contribution is -2.34. The van der Waals surface area contributed by atoms with E-state index >= 15 is 0 Å². The fourth-order valence-electron chi connectivity index (χ4n) is 2.68. The summed E-state index contributed by atoms with van der Waals surface area (Å²) in [4.78, 5) is 6.85. The van der Waals surface area contributed by atoms with Crippen LogP contribution in [0.25, 0.3) is 0 Å². The molecule has 0 bridgehead atoms. The van der Waals surface area contributed by atoms with Gasteiger partial charge in [-0.1, -0.05) is 19.8 Å². The molecule has 1 aliphatic rings. The van der Waals surface area contributed by atoms with Crippen LogP contribution >= 0.6 is 0 Å². The quantitative estimate of drug-likeness (QED) is 0.868. The molecule has 1 saturated heterocycles. The monoisotopic (exact) mass is 233 g/mol. The first-order valence-corrected chi connectivity index (χ1v) is 6.75. The van der Waals surface area contributed by atoms with E-state index in [0.29, 0.717) is 6.04 Å². The van der Waals surface area contributed by atoms with Crippen molar-refractivity contribution < 1.29 is 0 Å². The van der Waals surface area contributed by atoms with E-state index in [2.05, 4.69) is 34.3 Å². The fraction of sp³-hybridized carbons (Fsp3) is 0.643. The number of nitrogens with one attached hydrogen (secondary N) is 1. The van der Waals surface area contributed by atoms with E-state index in [1.54, 1.807) is 0 Å². The van der Waals surface area contributed by atoms with E-state index in [1.165, 1.54) is 44.3 Å². The molecule has 0 aromatic carbocycles. The zero-order chi connectivity index (χ0) is 12.1. The van der Waals surface area contributed by atoms with Gasteiger partial charge in [0.05, 0.1) is 0 Å². The SMILES string of the molecule is CCC1CCCCCN1c1ccnc(NC)c1. The van der Waals surface area contributed by atoms with Crippen LogP contribution in [0.4, 0.5) is 11.5 Å². The highest BCUT2D eigenvalue weighted by Crippen LogP contribution is 2.26. The number of aromatic nitrogens is 1. The molecule has 94 valence electrons. The molecule has 1 unspecified atom stereocenters. The molecule has 3 nitrogen and oxygen atoms in total. The molecule has 3 heteroatoms. The van der Waals surface area contributed by atoms with E-state index in [9.17, 15) is 0 Å². The number of anilines is 2. The lowest BCUT2D eigenvalue weighted by molar-refractivity contribution is 0.556. The molecule has 1 N–H and O–H groups in total. The second-order valence-electron chi connectivity index (χ2n) is 4.75. The minimum absolute atomic E-state index is 0.699. The van der Waals surface area contributed by atoms with E-state index in [0.717, 1.165) is 5.82 Å². The van der Waals surface area contributed by atoms with Crippen LogP contribution in [0.5, 0.6) is 0 Å². The van der Waals surface area contributed by atoms with Crippen molar-refractivity contribution in [3.05, 3.63) is 18.3 Å². The molecule has 0 radical (unpaired) electrons. The molecular formula is C14H23N3. The minimum Gasteiger partial charge on any atom is -0.373 e. The molecular weight excluding hydrogens is 210 g/mol. The van der Waals surface area contributed by atoms with Gasteiger partial charge in [-0.25, -0.2) is 4.98 Å². The van der Waals surface area contributed by atoms with Crippen LogP contribution in [0.3, 0.4) is 0 Å². The molecule has 0 amide bonds. The second kappa shape index (κ2) is 5.89. The third-order valence-corrected chi connectivity index (χ3v) is 3.68. The van der Waals surface area contributed by atoms with Gasteiger partial charge in [0.15, 0.2) is 0 Å². The largest absolute Gasteiger partial charge is 0.373 e. The van der Waals surface area contributed by atoms with Crippen molar-refractivity contribution >= 4 is 11.5 Å². The van der Waals surface area contributed by atoms with Crippen LogP contribution in [-0.4, -0.2) is 24.6 Å². The van der Waals surface area contributed by atoms with Gasteiger partial charge in [0.25, 0.3) is 0 Å². The average molecular weight is 233 g/mol. The van der Waals surface area contributed by atoms with Crippen molar-refractivity contribution in [1.82, 2.24) is 4.98 Å². The Hall–Kier alpha value is -1.25. The van der Waals surface area contributed by atoms with E-state index in [4.69, 9.17) is 0 Å². The molecule has 0 spiro atoms. The molecule has 1 atom stereocenters. The fourth-order valence-corrected chi connectivity index (χ4v) is 2.68. The smallest absolute Gasteiger partial charge is 0.127 e. The van der Waals surface area contributed by atoms with Gasteiger partial charge in [-0.15, -0.1) is 0 Å². The normalized spacial score (nSPS) is 21.1. The highest BCUT2D eigenvalue weighted by atomic mass is 15.2. The molecule has 0 aliphatic carbocycles. The van der Waals surface area contributed by atoms with Crippen molar-refractivity contribution in [1.29, 1.82) is 0 Å². The van der Waals surface area contributed by atoms with E-state index < -0.39 is 0 Å². The average Bonchev–Trinajstić information content (AvgIpc) is 2.63. The van der Waals surface area contributed by atoms with Crippen LogP contribution in [0.1, 0.15) is 39.0 Å². The molecule has 1 aliphatic heterocycles. The third-order valence-electron chi connectivity index (χ3n) is 3.68. The molecule has 1 fully saturated rings. The van der Waals surface area contributed by atoms with Gasteiger partial charge in [-0.2, -0.15) is 0 Å². The Morgan fingerprint density at radius 2 is 2.29 bits per heavy atom. The predicted molar refractivity (Wildman–Crippen MR) is 73.7 cm³/mol. The highest BCUT2D eigenvalue weighted by Gasteiger charge is 2.19. The minimum atomic E-state index is 0.699. The predicted octanol–water partition coefficient (Wildman–Crippen LogP) is 3.28. The topological polar surface area (TPSA) is 28.2 Å². The molecule has 1 aromatic heterocycles. The summed E-state index contributed by atoms with van der Waals surface area (Å²) in [5, 5.41) is 3.12. The Morgan fingerprint density at radius 1 is 1.41 bits per heavy atom. The summed E-state index contributed by atoms with van der Waals surface area (Å²) in [5.41, 5.74) is 1.32. The van der Waals surface area contributed by atoms with Crippen molar-refractivity contribution in [2.45, 2.75) is 45.1 Å². The first-order chi connectivity index (χ1) is 8.35. The molecule has 1 aromatic rings. The van der Waals surface area contributed by atoms with Gasteiger partial charge in [-0.3, -0.25) is 0 Å². The van der Waals surface area contributed by atoms with Gasteiger partial charge in [-0.05, 0) is 25.3 Å². The summed E-state index contributed by atoms with van der Waals surface area (Å²) < 4.78 is 0. The Balaban J connectivity index is 2.21. The van der Waals surface area contributed by atoms with Gasteiger partial charge in [0.1, 0.15) is 5.82 Å². The zero-order valence-corrected chi connectivity index (χ0v) is 10.9. The molecule has 17 heavy (non-hydrogen) atoms. The van der Waals surface area contributed by atoms with Crippen LogP contribution in [0.15, 0.2) is 18.3 Å². The summed E-state index contributed by atoms with van der Waals surface area (Å²) in [6, 6.07) is 4.99. The summed E-state index contributed by atoms with van der Waals surface area (Å²) in [5.74, 6) is 0.960. The van der Waals surface area contributed by atoms with Crippen molar-refractivity contribution in [3.63, 3.8) is 0 Å². The van der Waals surface area contributed by atoms with Crippen molar-refractivity contribution in [3.8, 4) is 0 Å². The summed E-state index contributed by atoms with van der Waals surface area (Å²) >= 11 is 0. The standard InChI is InChI=1S/C14H23N3/c1-3-12-7-5-4-6-10-17(12)13-8-9-16-14(11-13)15-2/h8-9,11-12H,3-7,10H2,1-2H3,(H,15,16). The maximum atomic E-state index is 4.29. The van der Waals surface area contributed by atoms with Gasteiger partial charge < -0.3 is 10.2 Å². The maximum Gasteiger partial charge on any atom is 0.127 e. The summed E-state index contributed by atoms with van der Waals surface area (Å²) in [7, 11) is 1.92. The number of rotatable bonds is 3. The van der Waals surface area contributed by atoms with Gasteiger partial charge >= 0.3 is 0 Å². The van der Waals surface area contributed by atoms with Gasteiger partial charge in [0, 0.05) is 37.6 Å². The van der Waals surface area contributed by atoms with E-state index in [-0.39, 0.29) is 0 Å². The lowest BCUT2D eigenvalue weighted by atomic mass is 10.1. The van der Waals surface area contributed by atoms with Crippen molar-refractivity contribution in [2.75, 3.05) is 23.8 Å². The third kappa shape index (κ3) is 2.90. The van der Waals surface area contributed by atoms with Crippen molar-refractivity contribution in [2.24, 2.45) is 0 Å². The molecule has 2 rings (SSSR count). The number of hydrogen-bond acceptors (Lipinski definition) is 3. The highest BCUT2D eigenvalue weighted by molar-refractivity contribution is 5.54. The van der Waals surface area contributed by atoms with Crippen LogP contribution in [0, 0.1) is 0 Å². The zero-order valence-electron chi connectivity index (χ0n) is 10.9. The van der Waals surface area contributed by atoms with Crippen LogP contribution in [-0.2, 0) is 0 Å². The Kier molecular flexibility index (Phi) is 4.24. The number of pyridine rings is 1. The Labute approximate surface area is 104 Å². The molecule has 2 heterocycles. The molecule has 0 saturated carbocycles. The van der Waals surface area contributed by atoms with Gasteiger partial charge in [0.2, 0.25) is 0 Å². The summed E-state index contributed by atoms with van der Waals surface area (Å²) in [6.45, 7) is 3.48. The number of nitrogens with zero attached hydrogens (tertiary/aromatic N) is 2. The Morgan fingerprint density at radius 3 is 3.06 bits per heavy atom. The van der Waals surface area contributed by atoms with Crippen LogP contribution in [0.2, 0.25) is 0 Å². The summed E-state index contributed by atoms with van der Waals surface area (Å²) in [6.07, 6.45) is 8.52. The first kappa shape index (κ1) is 12.2. The lowest BCUT2D eigenvalue weighted by Gasteiger charge is -2.31. The second-order valence-corrected chi connectivity index (χ2v) is 4.75.